The first-order valence-electron chi connectivity index (χ1n) is 13.2. The molecule has 3 aromatic carbocycles. The van der Waals surface area contributed by atoms with Crippen LogP contribution in [0.25, 0.3) is 11.0 Å². The first-order valence-corrected chi connectivity index (χ1v) is 13.6. The lowest BCUT2D eigenvalue weighted by Crippen LogP contribution is -2.43. The van der Waals surface area contributed by atoms with Crippen molar-refractivity contribution >= 4 is 40.1 Å². The molecule has 0 saturated heterocycles. The van der Waals surface area contributed by atoms with E-state index in [1.165, 1.54) is 28.2 Å². The number of fused-ring (bicyclic) bond motifs is 1. The number of benzene rings is 3. The maximum absolute atomic E-state index is 13.8. The Morgan fingerprint density at radius 3 is 2.44 bits per heavy atom. The number of hydrogen-bond acceptors (Lipinski definition) is 6. The Bertz CT molecular complexity index is 1640. The van der Waals surface area contributed by atoms with Crippen molar-refractivity contribution < 1.29 is 18.9 Å². The van der Waals surface area contributed by atoms with Crippen molar-refractivity contribution in [3.8, 4) is 0 Å². The fraction of sp³-hybridized carbons (Fsp3) is 0.258. The largest absolute Gasteiger partial charge is 0.464 e. The molecule has 0 N–H and O–H groups in total. The predicted octanol–water partition coefficient (Wildman–Crippen LogP) is 6.13. The lowest BCUT2D eigenvalue weighted by molar-refractivity contribution is -0.384. The van der Waals surface area contributed by atoms with Crippen molar-refractivity contribution in [3.63, 3.8) is 0 Å². The second-order valence-corrected chi connectivity index (χ2v) is 10.2. The summed E-state index contributed by atoms with van der Waals surface area (Å²) in [7, 11) is 0. The van der Waals surface area contributed by atoms with Gasteiger partial charge in [-0.2, -0.15) is 0 Å². The van der Waals surface area contributed by atoms with Crippen LogP contribution in [0, 0.1) is 17.0 Å². The molecule has 0 atom stereocenters. The number of halogens is 1. The summed E-state index contributed by atoms with van der Waals surface area (Å²) >= 11 is 6.24. The maximum Gasteiger partial charge on any atom is 0.270 e. The number of nitro groups is 1. The number of non-ortho nitro benzene ring substituents is 1. The second kappa shape index (κ2) is 13.2. The molecule has 1 aromatic heterocycles. The predicted molar refractivity (Wildman–Crippen MR) is 157 cm³/mol. The van der Waals surface area contributed by atoms with Crippen molar-refractivity contribution in [1.82, 2.24) is 9.80 Å². The molecule has 2 amide bonds. The van der Waals surface area contributed by atoms with Crippen LogP contribution in [-0.4, -0.2) is 39.6 Å². The highest BCUT2D eigenvalue weighted by Crippen LogP contribution is 2.24. The van der Waals surface area contributed by atoms with Gasteiger partial charge in [0, 0.05) is 25.2 Å². The minimum Gasteiger partial charge on any atom is -0.464 e. The van der Waals surface area contributed by atoms with Crippen LogP contribution in [0.3, 0.4) is 0 Å². The van der Waals surface area contributed by atoms with Crippen LogP contribution in [0.4, 0.5) is 5.69 Å². The number of aryl methyl sites for hydroxylation is 1. The van der Waals surface area contributed by atoms with E-state index in [4.69, 9.17) is 16.0 Å². The Morgan fingerprint density at radius 2 is 1.76 bits per heavy atom. The number of carbonyl (C=O) groups excluding carboxylic acids is 2. The van der Waals surface area contributed by atoms with Crippen LogP contribution in [0.1, 0.15) is 46.8 Å². The zero-order valence-corrected chi connectivity index (χ0v) is 23.6. The first kappa shape index (κ1) is 29.5. The molecule has 212 valence electrons. The van der Waals surface area contributed by atoms with Gasteiger partial charge in [0.15, 0.2) is 5.43 Å². The Kier molecular flexibility index (Phi) is 9.52. The third-order valence-electron chi connectivity index (χ3n) is 6.72. The number of carbonyl (C=O) groups is 2. The Labute approximate surface area is 242 Å². The van der Waals surface area contributed by atoms with Crippen molar-refractivity contribution in [2.45, 2.75) is 39.8 Å². The normalized spacial score (nSPS) is 10.9. The number of rotatable bonds is 11. The number of nitrogens with zero attached hydrogens (tertiary/aromatic N) is 3. The molecule has 9 nitrogen and oxygen atoms in total. The molecule has 10 heteroatoms. The Hall–Kier alpha value is -4.50. The quantitative estimate of drug-likeness (QED) is 0.157. The van der Waals surface area contributed by atoms with Crippen LogP contribution in [0.15, 0.2) is 82.2 Å². The molecule has 0 aliphatic heterocycles. The molecule has 0 saturated carbocycles. The van der Waals surface area contributed by atoms with Crippen LogP contribution >= 0.6 is 11.6 Å². The molecule has 0 radical (unpaired) electrons. The number of unbranched alkanes of at least 4 members (excludes halogenated alkanes) is 1. The summed E-state index contributed by atoms with van der Waals surface area (Å²) in [6, 6.07) is 18.3. The maximum atomic E-state index is 13.8. The van der Waals surface area contributed by atoms with Gasteiger partial charge in [0.25, 0.3) is 11.6 Å². The summed E-state index contributed by atoms with van der Waals surface area (Å²) in [5.74, 6) is -0.882. The summed E-state index contributed by atoms with van der Waals surface area (Å²) in [6.07, 6.45) is 2.79. The molecule has 4 aromatic rings. The van der Waals surface area contributed by atoms with E-state index in [0.717, 1.165) is 23.6 Å². The molecule has 41 heavy (non-hydrogen) atoms. The Morgan fingerprint density at radius 1 is 1.00 bits per heavy atom. The van der Waals surface area contributed by atoms with E-state index in [0.29, 0.717) is 23.0 Å². The summed E-state index contributed by atoms with van der Waals surface area (Å²) in [6.45, 7) is 4.05. The minimum atomic E-state index is -0.593. The van der Waals surface area contributed by atoms with Crippen LogP contribution < -0.4 is 5.43 Å². The van der Waals surface area contributed by atoms with E-state index < -0.39 is 10.8 Å². The van der Waals surface area contributed by atoms with Crippen LogP contribution in [0.2, 0.25) is 5.02 Å². The van der Waals surface area contributed by atoms with E-state index in [2.05, 4.69) is 0 Å². The van der Waals surface area contributed by atoms with Gasteiger partial charge < -0.3 is 14.2 Å². The first-order chi connectivity index (χ1) is 19.7. The van der Waals surface area contributed by atoms with E-state index >= 15 is 0 Å². The number of amides is 2. The van der Waals surface area contributed by atoms with Crippen molar-refractivity contribution in [2.75, 3.05) is 13.1 Å². The molecular formula is C31H30ClN3O6. The smallest absolute Gasteiger partial charge is 0.270 e. The van der Waals surface area contributed by atoms with Crippen molar-refractivity contribution in [1.29, 1.82) is 0 Å². The molecule has 4 rings (SSSR count). The van der Waals surface area contributed by atoms with Gasteiger partial charge in [0.2, 0.25) is 5.91 Å². The van der Waals surface area contributed by atoms with E-state index in [9.17, 15) is 24.5 Å². The average Bonchev–Trinajstić information content (AvgIpc) is 2.96. The van der Waals surface area contributed by atoms with E-state index in [1.807, 2.05) is 50.2 Å². The monoisotopic (exact) mass is 575 g/mol. The van der Waals surface area contributed by atoms with Crippen molar-refractivity contribution in [3.05, 3.63) is 121 Å². The third kappa shape index (κ3) is 7.18. The molecule has 0 aliphatic rings. The lowest BCUT2D eigenvalue weighted by atomic mass is 10.1. The average molecular weight is 576 g/mol. The van der Waals surface area contributed by atoms with E-state index in [-0.39, 0.29) is 53.8 Å². The summed E-state index contributed by atoms with van der Waals surface area (Å²) < 4.78 is 5.71. The van der Waals surface area contributed by atoms with Gasteiger partial charge in [-0.05, 0) is 37.1 Å². The standard InChI is InChI=1S/C31H30ClN3O6/c1-3-4-14-33(31(38)25-12-11-24(35(39)40)16-27(25)32)19-29(36)34(17-22-8-6-5-7-9-22)18-23-20-41-28-13-10-21(2)15-26(28)30(23)37/h5-13,15-16,20H,3-4,14,17-19H2,1-2H3. The van der Waals surface area contributed by atoms with Crippen LogP contribution in [0.5, 0.6) is 0 Å². The molecule has 1 heterocycles. The Balaban J connectivity index is 1.64. The molecule has 0 spiro atoms. The highest BCUT2D eigenvalue weighted by Gasteiger charge is 2.25. The highest BCUT2D eigenvalue weighted by molar-refractivity contribution is 6.34. The number of nitro benzene ring substituents is 1. The summed E-state index contributed by atoms with van der Waals surface area (Å²) in [4.78, 5) is 54.1. The lowest BCUT2D eigenvalue weighted by Gasteiger charge is -2.28. The molecular weight excluding hydrogens is 546 g/mol. The molecule has 0 unspecified atom stereocenters. The molecule has 0 fully saturated rings. The van der Waals surface area contributed by atoms with E-state index in [1.54, 1.807) is 12.1 Å². The zero-order chi connectivity index (χ0) is 29.5. The molecule has 0 bridgehead atoms. The van der Waals surface area contributed by atoms with Crippen molar-refractivity contribution in [2.24, 2.45) is 0 Å². The van der Waals surface area contributed by atoms with Gasteiger partial charge >= 0.3 is 0 Å². The fourth-order valence-electron chi connectivity index (χ4n) is 4.46. The van der Waals surface area contributed by atoms with Gasteiger partial charge in [0.05, 0.1) is 39.3 Å². The van der Waals surface area contributed by atoms with Gasteiger partial charge in [-0.15, -0.1) is 0 Å². The molecule has 0 aliphatic carbocycles. The topological polar surface area (TPSA) is 114 Å². The van der Waals surface area contributed by atoms with Gasteiger partial charge in [-0.25, -0.2) is 0 Å². The van der Waals surface area contributed by atoms with Crippen LogP contribution in [-0.2, 0) is 17.9 Å². The van der Waals surface area contributed by atoms with Gasteiger partial charge in [-0.3, -0.25) is 24.5 Å². The SMILES string of the molecule is CCCCN(CC(=O)N(Cc1ccccc1)Cc1coc2ccc(C)cc2c1=O)C(=O)c1ccc([N+](=O)[O-])cc1Cl. The minimum absolute atomic E-state index is 0.0198. The third-order valence-corrected chi connectivity index (χ3v) is 7.03. The van der Waals surface area contributed by atoms with Gasteiger partial charge in [-0.1, -0.05) is 66.9 Å². The summed E-state index contributed by atoms with van der Waals surface area (Å²) in [5.41, 5.74) is 2.15. The summed E-state index contributed by atoms with van der Waals surface area (Å²) in [5, 5.41) is 11.5. The number of hydrogen-bond donors (Lipinski definition) is 0. The zero-order valence-electron chi connectivity index (χ0n) is 22.8. The van der Waals surface area contributed by atoms with Gasteiger partial charge in [0.1, 0.15) is 12.1 Å². The second-order valence-electron chi connectivity index (χ2n) is 9.83. The fourth-order valence-corrected chi connectivity index (χ4v) is 4.72. The highest BCUT2D eigenvalue weighted by atomic mass is 35.5.